The minimum atomic E-state index is 0.297. The summed E-state index contributed by atoms with van der Waals surface area (Å²) in [6, 6.07) is 5.64. The molecule has 0 aliphatic heterocycles. The molecule has 0 bridgehead atoms. The first-order chi connectivity index (χ1) is 8.81. The van der Waals surface area contributed by atoms with Crippen LogP contribution in [0.4, 0.5) is 5.82 Å². The predicted octanol–water partition coefficient (Wildman–Crippen LogP) is 1.36. The number of rotatable bonds is 4. The highest BCUT2D eigenvalue weighted by atomic mass is 16.5. The lowest BCUT2D eigenvalue weighted by molar-refractivity contribution is 0.397. The number of ether oxygens (including phenoxy) is 1. The van der Waals surface area contributed by atoms with E-state index >= 15 is 0 Å². The Balaban J connectivity index is 2.00. The van der Waals surface area contributed by atoms with Gasteiger partial charge >= 0.3 is 0 Å². The van der Waals surface area contributed by atoms with Crippen LogP contribution in [0.25, 0.3) is 0 Å². The van der Waals surface area contributed by atoms with Gasteiger partial charge in [0.25, 0.3) is 0 Å². The van der Waals surface area contributed by atoms with Crippen LogP contribution in [0.2, 0.25) is 0 Å². The minimum absolute atomic E-state index is 0.297. The van der Waals surface area contributed by atoms with E-state index in [-0.39, 0.29) is 0 Å². The van der Waals surface area contributed by atoms with E-state index in [1.54, 1.807) is 13.3 Å². The van der Waals surface area contributed by atoms with Gasteiger partial charge in [0, 0.05) is 18.8 Å². The zero-order valence-corrected chi connectivity index (χ0v) is 9.79. The van der Waals surface area contributed by atoms with E-state index in [0.717, 1.165) is 5.56 Å². The van der Waals surface area contributed by atoms with Gasteiger partial charge in [-0.25, -0.2) is 15.0 Å². The minimum Gasteiger partial charge on any atom is -0.481 e. The highest BCUT2D eigenvalue weighted by Gasteiger charge is 1.99. The van der Waals surface area contributed by atoms with Crippen molar-refractivity contribution in [2.24, 2.45) is 0 Å². The maximum Gasteiger partial charge on any atom is 0.213 e. The largest absolute Gasteiger partial charge is 0.481 e. The summed E-state index contributed by atoms with van der Waals surface area (Å²) in [6.07, 6.45) is 4.63. The topological polar surface area (TPSA) is 83.7 Å². The second-order valence-corrected chi connectivity index (χ2v) is 3.46. The molecule has 90 valence electrons. The van der Waals surface area contributed by atoms with Crippen molar-refractivity contribution in [3.8, 4) is 11.9 Å². The average Bonchev–Trinajstić information content (AvgIpc) is 2.46. The fourth-order valence-corrected chi connectivity index (χ4v) is 1.34. The summed E-state index contributed by atoms with van der Waals surface area (Å²) < 4.78 is 5.03. The molecule has 0 aromatic carbocycles. The average molecular weight is 241 g/mol. The molecular formula is C12H11N5O. The van der Waals surface area contributed by atoms with Crippen LogP contribution in [-0.2, 0) is 6.54 Å². The molecule has 2 aromatic rings. The first-order valence-electron chi connectivity index (χ1n) is 5.27. The molecule has 0 atom stereocenters. The van der Waals surface area contributed by atoms with Crippen molar-refractivity contribution in [3.63, 3.8) is 0 Å². The molecule has 0 aliphatic carbocycles. The predicted molar refractivity (Wildman–Crippen MR) is 64.9 cm³/mol. The van der Waals surface area contributed by atoms with Gasteiger partial charge in [-0.15, -0.1) is 0 Å². The normalized spacial score (nSPS) is 9.56. The second-order valence-electron chi connectivity index (χ2n) is 3.46. The lowest BCUT2D eigenvalue weighted by atomic mass is 10.2. The molecule has 0 radical (unpaired) electrons. The summed E-state index contributed by atoms with van der Waals surface area (Å²) in [6.45, 7) is 0.583. The van der Waals surface area contributed by atoms with Crippen LogP contribution in [0.1, 0.15) is 11.3 Å². The summed E-state index contributed by atoms with van der Waals surface area (Å²) in [4.78, 5) is 12.0. The van der Waals surface area contributed by atoms with Crippen molar-refractivity contribution in [1.82, 2.24) is 15.0 Å². The Hall–Kier alpha value is -2.68. The second kappa shape index (κ2) is 5.59. The molecule has 0 aliphatic rings. The number of nitrogens with one attached hydrogen (secondary N) is 1. The number of nitrogens with zero attached hydrogens (tertiary/aromatic N) is 4. The molecule has 2 aromatic heterocycles. The Kier molecular flexibility index (Phi) is 3.66. The summed E-state index contributed by atoms with van der Waals surface area (Å²) in [5.74, 6) is 1.19. The lowest BCUT2D eigenvalue weighted by Gasteiger charge is -2.06. The molecule has 18 heavy (non-hydrogen) atoms. The molecular weight excluding hydrogens is 230 g/mol. The van der Waals surface area contributed by atoms with Gasteiger partial charge in [0.15, 0.2) is 5.69 Å². The molecule has 2 heterocycles. The van der Waals surface area contributed by atoms with Gasteiger partial charge in [0.2, 0.25) is 5.88 Å². The van der Waals surface area contributed by atoms with E-state index in [1.807, 2.05) is 18.2 Å². The molecule has 0 unspecified atom stereocenters. The first kappa shape index (κ1) is 11.8. The number of hydrogen-bond acceptors (Lipinski definition) is 6. The fraction of sp³-hybridized carbons (Fsp3) is 0.167. The van der Waals surface area contributed by atoms with Gasteiger partial charge in [-0.2, -0.15) is 5.26 Å². The Morgan fingerprint density at radius 1 is 1.33 bits per heavy atom. The number of methoxy groups -OCH3 is 1. The molecule has 2 rings (SSSR count). The Bertz CT molecular complexity index is 561. The van der Waals surface area contributed by atoms with Crippen molar-refractivity contribution >= 4 is 5.82 Å². The van der Waals surface area contributed by atoms with Gasteiger partial charge in [0.1, 0.15) is 11.9 Å². The third kappa shape index (κ3) is 2.92. The summed E-state index contributed by atoms with van der Waals surface area (Å²) in [5.41, 5.74) is 1.32. The number of anilines is 1. The highest BCUT2D eigenvalue weighted by Crippen LogP contribution is 2.10. The van der Waals surface area contributed by atoms with Crippen molar-refractivity contribution in [2.45, 2.75) is 6.54 Å². The van der Waals surface area contributed by atoms with E-state index in [0.29, 0.717) is 23.9 Å². The van der Waals surface area contributed by atoms with Gasteiger partial charge < -0.3 is 10.1 Å². The lowest BCUT2D eigenvalue weighted by Crippen LogP contribution is -2.02. The van der Waals surface area contributed by atoms with Crippen molar-refractivity contribution in [2.75, 3.05) is 12.4 Å². The monoisotopic (exact) mass is 241 g/mol. The summed E-state index contributed by atoms with van der Waals surface area (Å²) in [5, 5.41) is 11.7. The molecule has 1 N–H and O–H groups in total. The Morgan fingerprint density at radius 3 is 2.89 bits per heavy atom. The van der Waals surface area contributed by atoms with Gasteiger partial charge in [-0.1, -0.05) is 0 Å². The van der Waals surface area contributed by atoms with E-state index in [4.69, 9.17) is 10.00 Å². The van der Waals surface area contributed by atoms with E-state index in [1.165, 1.54) is 12.4 Å². The fourth-order valence-electron chi connectivity index (χ4n) is 1.34. The van der Waals surface area contributed by atoms with Crippen LogP contribution in [0.3, 0.4) is 0 Å². The van der Waals surface area contributed by atoms with Crippen molar-refractivity contribution in [1.29, 1.82) is 5.26 Å². The zero-order chi connectivity index (χ0) is 12.8. The van der Waals surface area contributed by atoms with Gasteiger partial charge in [0.05, 0.1) is 19.5 Å². The van der Waals surface area contributed by atoms with Crippen LogP contribution in [-0.4, -0.2) is 22.1 Å². The third-order valence-corrected chi connectivity index (χ3v) is 2.25. The molecule has 0 spiro atoms. The first-order valence-corrected chi connectivity index (χ1v) is 5.27. The SMILES string of the molecule is COc1cc(CNc2cnc(C#N)cn2)ccn1. The van der Waals surface area contributed by atoms with Crippen LogP contribution in [0.15, 0.2) is 30.7 Å². The van der Waals surface area contributed by atoms with Crippen LogP contribution < -0.4 is 10.1 Å². The highest BCUT2D eigenvalue weighted by molar-refractivity contribution is 5.35. The third-order valence-electron chi connectivity index (χ3n) is 2.25. The molecule has 0 saturated heterocycles. The zero-order valence-electron chi connectivity index (χ0n) is 9.79. The standard InChI is InChI=1S/C12H11N5O/c1-18-12-4-9(2-3-14-12)6-16-11-8-15-10(5-13)7-17-11/h2-4,7-8H,6H2,1H3,(H,16,17). The van der Waals surface area contributed by atoms with E-state index in [2.05, 4.69) is 20.3 Å². The van der Waals surface area contributed by atoms with Gasteiger partial charge in [-0.05, 0) is 11.6 Å². The number of hydrogen-bond donors (Lipinski definition) is 1. The molecule has 0 fully saturated rings. The van der Waals surface area contributed by atoms with E-state index < -0.39 is 0 Å². The van der Waals surface area contributed by atoms with Gasteiger partial charge in [-0.3, -0.25) is 0 Å². The van der Waals surface area contributed by atoms with Crippen molar-refractivity contribution < 1.29 is 4.74 Å². The van der Waals surface area contributed by atoms with Crippen LogP contribution in [0.5, 0.6) is 5.88 Å². The molecule has 6 heteroatoms. The maximum atomic E-state index is 8.60. The Morgan fingerprint density at radius 2 is 2.22 bits per heavy atom. The summed E-state index contributed by atoms with van der Waals surface area (Å²) in [7, 11) is 1.58. The molecule has 0 saturated carbocycles. The molecule has 0 amide bonds. The molecule has 6 nitrogen and oxygen atoms in total. The Labute approximate surface area is 104 Å². The quantitative estimate of drug-likeness (QED) is 0.870. The summed E-state index contributed by atoms with van der Waals surface area (Å²) >= 11 is 0. The number of aromatic nitrogens is 3. The van der Waals surface area contributed by atoms with Crippen molar-refractivity contribution in [3.05, 3.63) is 42.0 Å². The van der Waals surface area contributed by atoms with E-state index in [9.17, 15) is 0 Å². The van der Waals surface area contributed by atoms with Crippen LogP contribution in [0, 0.1) is 11.3 Å². The maximum absolute atomic E-state index is 8.60. The number of nitriles is 1. The smallest absolute Gasteiger partial charge is 0.213 e. The van der Waals surface area contributed by atoms with Crippen LogP contribution >= 0.6 is 0 Å². The number of pyridine rings is 1.